The summed E-state index contributed by atoms with van der Waals surface area (Å²) >= 11 is 1.99. The van der Waals surface area contributed by atoms with Gasteiger partial charge in [-0.3, -0.25) is 9.36 Å². The number of alkyl halides is 3. The van der Waals surface area contributed by atoms with Gasteiger partial charge in [-0.25, -0.2) is 4.98 Å². The number of rotatable bonds is 5. The topological polar surface area (TPSA) is 34.9 Å². The van der Waals surface area contributed by atoms with E-state index >= 15 is 0 Å². The van der Waals surface area contributed by atoms with Gasteiger partial charge in [-0.2, -0.15) is 13.2 Å². The molecule has 0 aliphatic carbocycles. The lowest BCUT2D eigenvalue weighted by Gasteiger charge is -2.08. The Morgan fingerprint density at radius 3 is 2.62 bits per heavy atom. The van der Waals surface area contributed by atoms with Crippen LogP contribution in [0.2, 0.25) is 0 Å². The van der Waals surface area contributed by atoms with E-state index in [1.54, 1.807) is 5.38 Å². The smallest absolute Gasteiger partial charge is 0.289 e. The van der Waals surface area contributed by atoms with Crippen molar-refractivity contribution in [2.75, 3.05) is 0 Å². The Morgan fingerprint density at radius 2 is 2.00 bits per heavy atom. The van der Waals surface area contributed by atoms with Crippen molar-refractivity contribution in [1.82, 2.24) is 9.55 Å². The highest BCUT2D eigenvalue weighted by Crippen LogP contribution is 2.30. The highest BCUT2D eigenvalue weighted by atomic mass is 32.1. The molecule has 0 aliphatic rings. The van der Waals surface area contributed by atoms with Gasteiger partial charge in [0, 0.05) is 10.8 Å². The molecule has 0 atom stereocenters. The van der Waals surface area contributed by atoms with Crippen LogP contribution in [0.3, 0.4) is 0 Å². The maximum absolute atomic E-state index is 12.8. The van der Waals surface area contributed by atoms with Crippen LogP contribution in [0.1, 0.15) is 36.7 Å². The Labute approximate surface area is 128 Å². The normalized spacial score (nSPS) is 12.3. The molecule has 21 heavy (non-hydrogen) atoms. The fraction of sp³-hybridized carbons (Fsp3) is 0.538. The number of aromatic nitrogens is 2. The number of hydrogen-bond donors (Lipinski definition) is 0. The molecule has 0 saturated heterocycles. The van der Waals surface area contributed by atoms with Gasteiger partial charge in [0.15, 0.2) is 0 Å². The van der Waals surface area contributed by atoms with E-state index in [1.807, 2.05) is 0 Å². The lowest BCUT2D eigenvalue weighted by molar-refractivity contribution is -0.143. The van der Waals surface area contributed by atoms with Gasteiger partial charge in [-0.15, -0.1) is 11.3 Å². The van der Waals surface area contributed by atoms with Crippen molar-refractivity contribution in [3.05, 3.63) is 36.8 Å². The Hall–Kier alpha value is -1.15. The van der Waals surface area contributed by atoms with Gasteiger partial charge in [0.05, 0.1) is 17.2 Å². The summed E-state index contributed by atoms with van der Waals surface area (Å²) in [5, 5.41) is 3.48. The van der Waals surface area contributed by atoms with E-state index in [1.165, 1.54) is 11.3 Å². The minimum atomic E-state index is -4.52. The summed E-state index contributed by atoms with van der Waals surface area (Å²) < 4.78 is 39.2. The van der Waals surface area contributed by atoms with Crippen LogP contribution in [0, 0.1) is 5.92 Å². The molecular weight excluding hydrogens is 321 g/mol. The predicted octanol–water partition coefficient (Wildman–Crippen LogP) is 4.02. The van der Waals surface area contributed by atoms with Gasteiger partial charge in [-0.1, -0.05) is 25.2 Å². The quantitative estimate of drug-likeness (QED) is 0.826. The molecule has 2 rings (SSSR count). The van der Waals surface area contributed by atoms with Gasteiger partial charge >= 0.3 is 11.0 Å². The average Bonchev–Trinajstić information content (AvgIpc) is 2.95. The number of thiazole rings is 2. The molecule has 0 unspecified atom stereocenters. The second-order valence-corrected chi connectivity index (χ2v) is 6.90. The summed E-state index contributed by atoms with van der Waals surface area (Å²) in [4.78, 5) is 15.3. The molecule has 0 aliphatic heterocycles. The van der Waals surface area contributed by atoms with Crippen molar-refractivity contribution in [2.45, 2.75) is 39.4 Å². The van der Waals surface area contributed by atoms with Crippen molar-refractivity contribution >= 4 is 22.7 Å². The average molecular weight is 336 g/mol. The minimum absolute atomic E-state index is 0.130. The second kappa shape index (κ2) is 6.31. The van der Waals surface area contributed by atoms with E-state index in [0.29, 0.717) is 22.9 Å². The lowest BCUT2D eigenvalue weighted by Crippen LogP contribution is -2.22. The standard InChI is InChI=1S/C13H15F3N2OS2/c1-8(2)3-4-11-17-9(6-20-11)5-18-10(13(14,15)16)7-21-12(18)19/h6-8H,3-5H2,1-2H3. The van der Waals surface area contributed by atoms with Crippen molar-refractivity contribution in [1.29, 1.82) is 0 Å². The van der Waals surface area contributed by atoms with Gasteiger partial charge < -0.3 is 0 Å². The maximum atomic E-state index is 12.8. The van der Waals surface area contributed by atoms with Crippen molar-refractivity contribution in [3.8, 4) is 0 Å². The van der Waals surface area contributed by atoms with E-state index in [9.17, 15) is 18.0 Å². The van der Waals surface area contributed by atoms with Crippen molar-refractivity contribution in [3.63, 3.8) is 0 Å². The van der Waals surface area contributed by atoms with Crippen LogP contribution in [0.4, 0.5) is 13.2 Å². The molecule has 0 aromatic carbocycles. The number of nitrogens with zero attached hydrogens (tertiary/aromatic N) is 2. The zero-order valence-electron chi connectivity index (χ0n) is 11.6. The molecule has 0 bridgehead atoms. The first kappa shape index (κ1) is 16.2. The van der Waals surface area contributed by atoms with Crippen LogP contribution in [0.5, 0.6) is 0 Å². The van der Waals surface area contributed by atoms with Crippen LogP contribution in [-0.4, -0.2) is 9.55 Å². The Bertz CT molecular complexity index is 655. The fourth-order valence-electron chi connectivity index (χ4n) is 1.81. The molecule has 0 radical (unpaired) electrons. The number of halogens is 3. The molecule has 8 heteroatoms. The summed E-state index contributed by atoms with van der Waals surface area (Å²) in [5.41, 5.74) is -0.404. The summed E-state index contributed by atoms with van der Waals surface area (Å²) in [7, 11) is 0. The summed E-state index contributed by atoms with van der Waals surface area (Å²) in [6, 6.07) is 0. The molecular formula is C13H15F3N2OS2. The number of aryl methyl sites for hydroxylation is 1. The van der Waals surface area contributed by atoms with E-state index in [-0.39, 0.29) is 6.54 Å². The molecule has 0 N–H and O–H groups in total. The zero-order valence-corrected chi connectivity index (χ0v) is 13.2. The van der Waals surface area contributed by atoms with Gasteiger partial charge in [-0.05, 0) is 18.8 Å². The largest absolute Gasteiger partial charge is 0.432 e. The first-order valence-corrected chi connectivity index (χ1v) is 8.22. The minimum Gasteiger partial charge on any atom is -0.289 e. The van der Waals surface area contributed by atoms with E-state index in [0.717, 1.165) is 27.8 Å². The Morgan fingerprint density at radius 1 is 1.29 bits per heavy atom. The summed E-state index contributed by atoms with van der Waals surface area (Å²) in [5.74, 6) is 0.550. The Kier molecular flexibility index (Phi) is 4.88. The van der Waals surface area contributed by atoms with Crippen LogP contribution in [0.25, 0.3) is 0 Å². The Balaban J connectivity index is 2.16. The van der Waals surface area contributed by atoms with Crippen LogP contribution < -0.4 is 4.87 Å². The first-order chi connectivity index (χ1) is 9.77. The van der Waals surface area contributed by atoms with Crippen LogP contribution in [-0.2, 0) is 19.1 Å². The predicted molar refractivity (Wildman–Crippen MR) is 78.0 cm³/mol. The van der Waals surface area contributed by atoms with Gasteiger partial charge in [0.1, 0.15) is 5.69 Å². The van der Waals surface area contributed by atoms with Gasteiger partial charge in [0.2, 0.25) is 0 Å². The highest BCUT2D eigenvalue weighted by Gasteiger charge is 2.35. The summed E-state index contributed by atoms with van der Waals surface area (Å²) in [6.45, 7) is 4.08. The van der Waals surface area contributed by atoms with Crippen molar-refractivity contribution in [2.24, 2.45) is 5.92 Å². The third-order valence-electron chi connectivity index (χ3n) is 2.93. The highest BCUT2D eigenvalue weighted by molar-refractivity contribution is 7.09. The maximum Gasteiger partial charge on any atom is 0.432 e. The monoisotopic (exact) mass is 336 g/mol. The van der Waals surface area contributed by atoms with Gasteiger partial charge in [0.25, 0.3) is 0 Å². The van der Waals surface area contributed by atoms with E-state index in [4.69, 9.17) is 0 Å². The molecule has 0 saturated carbocycles. The van der Waals surface area contributed by atoms with Crippen molar-refractivity contribution < 1.29 is 13.2 Å². The molecule has 0 spiro atoms. The fourth-order valence-corrected chi connectivity index (χ4v) is 3.38. The third kappa shape index (κ3) is 4.16. The molecule has 2 aromatic rings. The number of hydrogen-bond acceptors (Lipinski definition) is 4. The second-order valence-electron chi connectivity index (χ2n) is 5.14. The first-order valence-electron chi connectivity index (χ1n) is 6.46. The lowest BCUT2D eigenvalue weighted by atomic mass is 10.1. The molecule has 3 nitrogen and oxygen atoms in total. The SMILES string of the molecule is CC(C)CCc1nc(Cn2c(C(F)(F)F)csc2=O)cs1. The zero-order chi connectivity index (χ0) is 15.6. The van der Waals surface area contributed by atoms with Crippen LogP contribution >= 0.6 is 22.7 Å². The molecule has 2 aromatic heterocycles. The molecule has 2 heterocycles. The van der Waals surface area contributed by atoms with E-state index in [2.05, 4.69) is 18.8 Å². The molecule has 116 valence electrons. The molecule has 0 amide bonds. The third-order valence-corrected chi connectivity index (χ3v) is 4.65. The van der Waals surface area contributed by atoms with E-state index < -0.39 is 16.7 Å². The summed E-state index contributed by atoms with van der Waals surface area (Å²) in [6.07, 6.45) is -2.72. The molecule has 0 fully saturated rings. The van der Waals surface area contributed by atoms with Crippen LogP contribution in [0.15, 0.2) is 15.6 Å².